The number of likely N-dealkylation sites (N-methyl/N-ethyl adjacent to an activating group) is 1. The van der Waals surface area contributed by atoms with Gasteiger partial charge in [0, 0.05) is 23.7 Å². The van der Waals surface area contributed by atoms with Crippen molar-refractivity contribution in [3.63, 3.8) is 0 Å². The van der Waals surface area contributed by atoms with Crippen LogP contribution in [0.1, 0.15) is 10.4 Å². The van der Waals surface area contributed by atoms with Crippen LogP contribution < -0.4 is 5.32 Å². The van der Waals surface area contributed by atoms with E-state index in [0.29, 0.717) is 21.1 Å². The highest BCUT2D eigenvalue weighted by Crippen LogP contribution is 2.33. The molecule has 0 atom stereocenters. The van der Waals surface area contributed by atoms with Gasteiger partial charge in [-0.1, -0.05) is 42.1 Å². The van der Waals surface area contributed by atoms with Gasteiger partial charge in [0.1, 0.15) is 0 Å². The van der Waals surface area contributed by atoms with E-state index in [1.807, 2.05) is 18.2 Å². The molecule has 2 aromatic rings. The Morgan fingerprint density at radius 1 is 1.00 bits per heavy atom. The molecule has 120 valence electrons. The summed E-state index contributed by atoms with van der Waals surface area (Å²) in [5.74, 6) is -0.980. The zero-order chi connectivity index (χ0) is 17.1. The Morgan fingerprint density at radius 3 is 2.33 bits per heavy atom. The van der Waals surface area contributed by atoms with E-state index in [2.05, 4.69) is 5.32 Å². The van der Waals surface area contributed by atoms with E-state index in [0.717, 1.165) is 16.7 Å². The molecule has 0 aliphatic carbocycles. The minimum Gasteiger partial charge on any atom is -0.322 e. The predicted molar refractivity (Wildman–Crippen MR) is 92.6 cm³/mol. The number of anilines is 1. The number of benzene rings is 2. The molecule has 1 aliphatic rings. The first-order valence-corrected chi connectivity index (χ1v) is 8.05. The first-order valence-electron chi connectivity index (χ1n) is 7.23. The molecular formula is C18H14N2O3S. The van der Waals surface area contributed by atoms with Crippen LogP contribution in [0.4, 0.5) is 5.69 Å². The Bertz CT molecular complexity index is 846. The average Bonchev–Trinajstić information content (AvgIpc) is 2.83. The maximum Gasteiger partial charge on any atom is 0.267 e. The van der Waals surface area contributed by atoms with Crippen molar-refractivity contribution in [1.29, 1.82) is 0 Å². The molecule has 3 amide bonds. The first-order chi connectivity index (χ1) is 11.6. The summed E-state index contributed by atoms with van der Waals surface area (Å²) in [4.78, 5) is 38.1. The number of nitrogens with zero attached hydrogens (tertiary/aromatic N) is 1. The van der Waals surface area contributed by atoms with Crippen LogP contribution >= 0.6 is 11.8 Å². The summed E-state index contributed by atoms with van der Waals surface area (Å²) in [5, 5.41) is 2.82. The molecule has 0 unspecified atom stereocenters. The minimum atomic E-state index is -0.358. The monoisotopic (exact) mass is 338 g/mol. The smallest absolute Gasteiger partial charge is 0.267 e. The van der Waals surface area contributed by atoms with Crippen LogP contribution in [0.5, 0.6) is 0 Å². The number of para-hydroxylation sites is 1. The summed E-state index contributed by atoms with van der Waals surface area (Å²) in [6.45, 7) is 0. The van der Waals surface area contributed by atoms with Gasteiger partial charge < -0.3 is 5.32 Å². The predicted octanol–water partition coefficient (Wildman–Crippen LogP) is 2.91. The van der Waals surface area contributed by atoms with Crippen LogP contribution in [0, 0.1) is 0 Å². The van der Waals surface area contributed by atoms with E-state index >= 15 is 0 Å². The van der Waals surface area contributed by atoms with Crippen LogP contribution in [0.25, 0.3) is 0 Å². The zero-order valence-corrected chi connectivity index (χ0v) is 13.7. The maximum absolute atomic E-state index is 12.5. The molecule has 0 aromatic heterocycles. The molecule has 1 heterocycles. The molecule has 1 aliphatic heterocycles. The Hall–Kier alpha value is -2.86. The molecule has 5 nitrogen and oxygen atoms in total. The zero-order valence-electron chi connectivity index (χ0n) is 12.9. The van der Waals surface area contributed by atoms with Gasteiger partial charge in [-0.25, -0.2) is 0 Å². The first kappa shape index (κ1) is 16.0. The van der Waals surface area contributed by atoms with Crippen LogP contribution in [-0.4, -0.2) is 29.7 Å². The molecule has 0 saturated carbocycles. The van der Waals surface area contributed by atoms with Crippen LogP contribution in [0.2, 0.25) is 0 Å². The third-order valence-corrected chi connectivity index (χ3v) is 4.57. The third-order valence-electron chi connectivity index (χ3n) is 3.48. The second-order valence-electron chi connectivity index (χ2n) is 5.13. The topological polar surface area (TPSA) is 66.5 Å². The number of hydrogen-bond donors (Lipinski definition) is 1. The van der Waals surface area contributed by atoms with Crippen molar-refractivity contribution in [2.24, 2.45) is 0 Å². The van der Waals surface area contributed by atoms with Crippen LogP contribution in [-0.2, 0) is 9.59 Å². The van der Waals surface area contributed by atoms with Crippen molar-refractivity contribution >= 4 is 35.2 Å². The highest BCUT2D eigenvalue weighted by molar-refractivity contribution is 8.04. The van der Waals surface area contributed by atoms with Crippen molar-refractivity contribution in [2.75, 3.05) is 12.4 Å². The summed E-state index contributed by atoms with van der Waals surface area (Å²) >= 11 is 1.12. The number of nitrogens with one attached hydrogen (secondary N) is 1. The number of hydrogen-bond acceptors (Lipinski definition) is 4. The van der Waals surface area contributed by atoms with E-state index in [1.54, 1.807) is 36.4 Å². The molecule has 24 heavy (non-hydrogen) atoms. The second-order valence-corrected chi connectivity index (χ2v) is 6.21. The number of thioether (sulfide) groups is 1. The lowest BCUT2D eigenvalue weighted by atomic mass is 10.2. The molecule has 6 heteroatoms. The summed E-state index contributed by atoms with van der Waals surface area (Å²) in [7, 11) is 1.43. The molecule has 3 rings (SSSR count). The highest BCUT2D eigenvalue weighted by atomic mass is 32.2. The van der Waals surface area contributed by atoms with Gasteiger partial charge in [0.15, 0.2) is 0 Å². The molecule has 0 fully saturated rings. The maximum atomic E-state index is 12.5. The molecule has 1 N–H and O–H groups in total. The van der Waals surface area contributed by atoms with E-state index in [9.17, 15) is 14.4 Å². The number of amides is 3. The lowest BCUT2D eigenvalue weighted by Crippen LogP contribution is -2.25. The standard InChI is InChI=1S/C18H14N2O3S/c1-20-16(21)11-15(18(20)23)24-14-10-6-5-9-13(14)17(22)19-12-7-3-2-4-8-12/h2-11H,1H3,(H,19,22). The normalized spacial score (nSPS) is 13.9. The third kappa shape index (κ3) is 3.23. The van der Waals surface area contributed by atoms with Gasteiger partial charge in [0.05, 0.1) is 10.5 Å². The number of carbonyl (C=O) groups is 3. The molecule has 0 radical (unpaired) electrons. The van der Waals surface area contributed by atoms with Gasteiger partial charge in [-0.2, -0.15) is 0 Å². The van der Waals surface area contributed by atoms with Gasteiger partial charge in [-0.3, -0.25) is 19.3 Å². The summed E-state index contributed by atoms with van der Waals surface area (Å²) in [6, 6.07) is 16.1. The van der Waals surface area contributed by atoms with Crippen molar-refractivity contribution in [3.05, 3.63) is 71.1 Å². The molecule has 0 bridgehead atoms. The quantitative estimate of drug-likeness (QED) is 0.871. The fraction of sp³-hybridized carbons (Fsp3) is 0.0556. The number of rotatable bonds is 4. The van der Waals surface area contributed by atoms with Gasteiger partial charge in [0.2, 0.25) is 0 Å². The van der Waals surface area contributed by atoms with E-state index < -0.39 is 0 Å². The fourth-order valence-corrected chi connectivity index (χ4v) is 3.23. The van der Waals surface area contributed by atoms with E-state index in [1.165, 1.54) is 13.1 Å². The molecule has 2 aromatic carbocycles. The lowest BCUT2D eigenvalue weighted by molar-refractivity contribution is -0.135. The molecule has 0 spiro atoms. The lowest BCUT2D eigenvalue weighted by Gasteiger charge is -2.10. The Labute approximate surface area is 143 Å². The van der Waals surface area contributed by atoms with Crippen molar-refractivity contribution in [1.82, 2.24) is 4.90 Å². The summed E-state index contributed by atoms with van der Waals surface area (Å²) < 4.78 is 0. The summed E-state index contributed by atoms with van der Waals surface area (Å²) in [5.41, 5.74) is 1.13. The number of carbonyl (C=O) groups excluding carboxylic acids is 3. The Kier molecular flexibility index (Phi) is 4.48. The average molecular weight is 338 g/mol. The van der Waals surface area contributed by atoms with Gasteiger partial charge in [0.25, 0.3) is 17.7 Å². The van der Waals surface area contributed by atoms with Gasteiger partial charge in [-0.15, -0.1) is 0 Å². The van der Waals surface area contributed by atoms with Crippen molar-refractivity contribution < 1.29 is 14.4 Å². The SMILES string of the molecule is CN1C(=O)C=C(Sc2ccccc2C(=O)Nc2ccccc2)C1=O. The Balaban J connectivity index is 1.83. The largest absolute Gasteiger partial charge is 0.322 e. The fourth-order valence-electron chi connectivity index (χ4n) is 2.19. The van der Waals surface area contributed by atoms with E-state index in [4.69, 9.17) is 0 Å². The van der Waals surface area contributed by atoms with Crippen LogP contribution in [0.15, 0.2) is 70.5 Å². The Morgan fingerprint density at radius 2 is 1.67 bits per heavy atom. The highest BCUT2D eigenvalue weighted by Gasteiger charge is 2.29. The van der Waals surface area contributed by atoms with E-state index in [-0.39, 0.29) is 17.7 Å². The minimum absolute atomic E-state index is 0.268. The molecular weight excluding hydrogens is 324 g/mol. The second kappa shape index (κ2) is 6.72. The van der Waals surface area contributed by atoms with Gasteiger partial charge >= 0.3 is 0 Å². The van der Waals surface area contributed by atoms with Crippen molar-refractivity contribution in [3.8, 4) is 0 Å². The van der Waals surface area contributed by atoms with Crippen molar-refractivity contribution in [2.45, 2.75) is 4.90 Å². The van der Waals surface area contributed by atoms with Crippen LogP contribution in [0.3, 0.4) is 0 Å². The molecule has 0 saturated heterocycles. The summed E-state index contributed by atoms with van der Waals surface area (Å²) in [6.07, 6.45) is 1.29. The number of imide groups is 1. The van der Waals surface area contributed by atoms with Gasteiger partial charge in [-0.05, 0) is 24.3 Å².